The Balaban J connectivity index is 1.78. The molecule has 1 fully saturated rings. The molecule has 3 atom stereocenters. The molecule has 3 unspecified atom stereocenters. The van der Waals surface area contributed by atoms with E-state index in [0.29, 0.717) is 11.1 Å². The first-order chi connectivity index (χ1) is 12.6. The van der Waals surface area contributed by atoms with Gasteiger partial charge in [-0.3, -0.25) is 4.99 Å². The monoisotopic (exact) mass is 368 g/mol. The highest BCUT2D eigenvalue weighted by molar-refractivity contribution is 8.13. The van der Waals surface area contributed by atoms with Gasteiger partial charge < -0.3 is 15.2 Å². The minimum Gasteiger partial charge on any atom is -0.497 e. The number of hydrogen-bond donors (Lipinski definition) is 1. The maximum Gasteiger partial charge on any atom is 0.154 e. The minimum absolute atomic E-state index is 0.232. The Kier molecular flexibility index (Phi) is 4.67. The highest BCUT2D eigenvalue weighted by atomic mass is 32.2. The summed E-state index contributed by atoms with van der Waals surface area (Å²) in [7, 11) is 3.49. The molecule has 2 aliphatic rings. The third-order valence-electron chi connectivity index (χ3n) is 5.60. The van der Waals surface area contributed by atoms with Crippen molar-refractivity contribution in [2.75, 3.05) is 20.0 Å². The van der Waals surface area contributed by atoms with Crippen molar-refractivity contribution >= 4 is 16.9 Å². The van der Waals surface area contributed by atoms with Crippen LogP contribution >= 0.6 is 11.8 Å². The Hall–Kier alpha value is -1.98. The quantitative estimate of drug-likeness (QED) is 0.885. The van der Waals surface area contributed by atoms with E-state index in [0.717, 1.165) is 29.9 Å². The number of nitrogens with two attached hydrogens (primary N) is 1. The van der Waals surface area contributed by atoms with Gasteiger partial charge in [0, 0.05) is 25.2 Å². The van der Waals surface area contributed by atoms with Gasteiger partial charge in [0.15, 0.2) is 5.17 Å². The molecule has 0 radical (unpaired) electrons. The van der Waals surface area contributed by atoms with Crippen LogP contribution in [0.3, 0.4) is 0 Å². The Morgan fingerprint density at radius 3 is 2.65 bits per heavy atom. The number of fused-ring (bicyclic) bond motifs is 1. The maximum atomic E-state index is 6.14. The molecular weight excluding hydrogens is 344 g/mol. The van der Waals surface area contributed by atoms with E-state index in [2.05, 4.69) is 36.4 Å². The predicted octanol–water partition coefficient (Wildman–Crippen LogP) is 4.04. The molecule has 0 spiro atoms. The van der Waals surface area contributed by atoms with Crippen molar-refractivity contribution in [3.63, 3.8) is 0 Å². The van der Waals surface area contributed by atoms with Crippen LogP contribution in [0.25, 0.3) is 11.1 Å². The summed E-state index contributed by atoms with van der Waals surface area (Å²) in [5.41, 5.74) is 9.41. The van der Waals surface area contributed by atoms with E-state index >= 15 is 0 Å². The largest absolute Gasteiger partial charge is 0.497 e. The molecule has 1 heterocycles. The van der Waals surface area contributed by atoms with Crippen molar-refractivity contribution in [3.05, 3.63) is 54.1 Å². The number of ether oxygens (including phenoxy) is 2. The van der Waals surface area contributed by atoms with Crippen molar-refractivity contribution in [2.45, 2.75) is 24.5 Å². The van der Waals surface area contributed by atoms with E-state index in [4.69, 9.17) is 20.2 Å². The standard InChI is InChI=1S/C21H24N2O2S/c1-24-18-8-4-6-15(10-18)14-5-3-7-16(9-14)21-12-19(25-2)11-17(21)13-26-20(22)23-21/h3-10,17,19H,11-13H2,1-2H3,(H2,22,23). The lowest BCUT2D eigenvalue weighted by molar-refractivity contribution is 0.102. The van der Waals surface area contributed by atoms with Crippen molar-refractivity contribution < 1.29 is 9.47 Å². The van der Waals surface area contributed by atoms with Crippen molar-refractivity contribution in [2.24, 2.45) is 16.6 Å². The summed E-state index contributed by atoms with van der Waals surface area (Å²) in [6.07, 6.45) is 2.15. The number of rotatable bonds is 4. The van der Waals surface area contributed by atoms with E-state index < -0.39 is 0 Å². The van der Waals surface area contributed by atoms with Crippen LogP contribution < -0.4 is 10.5 Å². The third kappa shape index (κ3) is 2.99. The Labute approximate surface area is 158 Å². The van der Waals surface area contributed by atoms with Crippen LogP contribution in [0.1, 0.15) is 18.4 Å². The van der Waals surface area contributed by atoms with Gasteiger partial charge in [-0.15, -0.1) is 0 Å². The maximum absolute atomic E-state index is 6.14. The summed E-state index contributed by atoms with van der Waals surface area (Å²) in [4.78, 5) is 4.97. The van der Waals surface area contributed by atoms with Crippen LogP contribution in [0.15, 0.2) is 53.5 Å². The molecular formula is C21H24N2O2S. The molecule has 1 aliphatic carbocycles. The number of benzene rings is 2. The molecule has 1 saturated carbocycles. The molecule has 4 nitrogen and oxygen atoms in total. The van der Waals surface area contributed by atoms with E-state index in [1.54, 1.807) is 26.0 Å². The lowest BCUT2D eigenvalue weighted by atomic mass is 9.80. The molecule has 4 rings (SSSR count). The zero-order valence-corrected chi connectivity index (χ0v) is 16.0. The van der Waals surface area contributed by atoms with Crippen LogP contribution in [-0.4, -0.2) is 31.2 Å². The van der Waals surface area contributed by atoms with Crippen LogP contribution in [0.4, 0.5) is 0 Å². The van der Waals surface area contributed by atoms with Gasteiger partial charge in [0.1, 0.15) is 5.75 Å². The normalized spacial score (nSPS) is 27.7. The molecule has 0 aromatic heterocycles. The van der Waals surface area contributed by atoms with Crippen LogP contribution in [-0.2, 0) is 10.3 Å². The molecule has 1 aliphatic heterocycles. The first-order valence-electron chi connectivity index (χ1n) is 8.90. The Bertz CT molecular complexity index is 838. The fraction of sp³-hybridized carbons (Fsp3) is 0.381. The summed E-state index contributed by atoms with van der Waals surface area (Å²) in [6, 6.07) is 16.8. The topological polar surface area (TPSA) is 56.8 Å². The first-order valence-corrected chi connectivity index (χ1v) is 9.89. The molecule has 0 bridgehead atoms. The van der Waals surface area contributed by atoms with Crippen molar-refractivity contribution in [1.82, 2.24) is 0 Å². The summed E-state index contributed by atoms with van der Waals surface area (Å²) in [5, 5.41) is 0.685. The first kappa shape index (κ1) is 17.4. The molecule has 5 heteroatoms. The summed E-state index contributed by atoms with van der Waals surface area (Å²) in [5.74, 6) is 2.31. The molecule has 2 aromatic rings. The smallest absolute Gasteiger partial charge is 0.154 e. The second kappa shape index (κ2) is 6.97. The predicted molar refractivity (Wildman–Crippen MR) is 108 cm³/mol. The molecule has 26 heavy (non-hydrogen) atoms. The van der Waals surface area contributed by atoms with Gasteiger partial charge >= 0.3 is 0 Å². The molecule has 0 saturated heterocycles. The zero-order chi connectivity index (χ0) is 18.1. The molecule has 0 amide bonds. The number of aliphatic imine (C=N–C) groups is 1. The second-order valence-electron chi connectivity index (χ2n) is 6.99. The lowest BCUT2D eigenvalue weighted by Gasteiger charge is -2.36. The van der Waals surface area contributed by atoms with Crippen LogP contribution in [0, 0.1) is 5.92 Å². The minimum atomic E-state index is -0.273. The van der Waals surface area contributed by atoms with E-state index in [1.807, 2.05) is 12.1 Å². The number of hydrogen-bond acceptors (Lipinski definition) is 5. The Morgan fingerprint density at radius 1 is 1.12 bits per heavy atom. The van der Waals surface area contributed by atoms with E-state index in [-0.39, 0.29) is 11.6 Å². The third-order valence-corrected chi connectivity index (χ3v) is 6.56. The van der Waals surface area contributed by atoms with E-state index in [9.17, 15) is 0 Å². The van der Waals surface area contributed by atoms with Crippen molar-refractivity contribution in [3.8, 4) is 16.9 Å². The number of thioether (sulfide) groups is 1. The fourth-order valence-corrected chi connectivity index (χ4v) is 5.25. The molecule has 2 N–H and O–H groups in total. The van der Waals surface area contributed by atoms with Crippen molar-refractivity contribution in [1.29, 1.82) is 0 Å². The van der Waals surface area contributed by atoms with Gasteiger partial charge in [-0.2, -0.15) is 0 Å². The van der Waals surface area contributed by atoms with E-state index in [1.165, 1.54) is 11.1 Å². The molecule has 136 valence electrons. The van der Waals surface area contributed by atoms with Gasteiger partial charge in [0.05, 0.1) is 18.8 Å². The zero-order valence-electron chi connectivity index (χ0n) is 15.1. The number of methoxy groups -OCH3 is 2. The number of nitrogens with zero attached hydrogens (tertiary/aromatic N) is 1. The van der Waals surface area contributed by atoms with Gasteiger partial charge in [0.25, 0.3) is 0 Å². The van der Waals surface area contributed by atoms with Gasteiger partial charge in [-0.1, -0.05) is 42.1 Å². The van der Waals surface area contributed by atoms with Crippen LogP contribution in [0.2, 0.25) is 0 Å². The highest BCUT2D eigenvalue weighted by Gasteiger charge is 2.50. The average Bonchev–Trinajstić information content (AvgIpc) is 3.07. The molecule has 2 aromatic carbocycles. The van der Waals surface area contributed by atoms with Gasteiger partial charge in [0.2, 0.25) is 0 Å². The van der Waals surface area contributed by atoms with Gasteiger partial charge in [-0.05, 0) is 41.3 Å². The summed E-state index contributed by atoms with van der Waals surface area (Å²) < 4.78 is 11.1. The fourth-order valence-electron chi connectivity index (χ4n) is 4.24. The summed E-state index contributed by atoms with van der Waals surface area (Å²) >= 11 is 1.66. The lowest BCUT2D eigenvalue weighted by Crippen LogP contribution is -2.36. The van der Waals surface area contributed by atoms with Crippen LogP contribution in [0.5, 0.6) is 5.75 Å². The second-order valence-corrected chi connectivity index (χ2v) is 8.03. The highest BCUT2D eigenvalue weighted by Crippen LogP contribution is 2.51. The van der Waals surface area contributed by atoms with Gasteiger partial charge in [-0.25, -0.2) is 0 Å². The number of amidine groups is 1. The summed E-state index contributed by atoms with van der Waals surface area (Å²) in [6.45, 7) is 0. The average molecular weight is 369 g/mol. The Morgan fingerprint density at radius 2 is 1.88 bits per heavy atom. The SMILES string of the molecule is COc1cccc(-c2cccc(C34CC(OC)CC3CSC(N)=N4)c2)c1.